The average Bonchev–Trinajstić information content (AvgIpc) is 2.74. The topological polar surface area (TPSA) is 114 Å². The van der Waals surface area contributed by atoms with Crippen molar-refractivity contribution in [2.24, 2.45) is 0 Å². The molecule has 32 heavy (non-hydrogen) atoms. The number of carbonyl (C=O) groups is 4. The lowest BCUT2D eigenvalue weighted by Gasteiger charge is -2.28. The van der Waals surface area contributed by atoms with Gasteiger partial charge in [0, 0.05) is 30.4 Å². The minimum atomic E-state index is -0.651. The summed E-state index contributed by atoms with van der Waals surface area (Å²) in [7, 11) is 0. The Morgan fingerprint density at radius 2 is 1.28 bits per heavy atom. The predicted molar refractivity (Wildman–Crippen MR) is 114 cm³/mol. The first-order chi connectivity index (χ1) is 15.2. The number of ether oxygens (including phenoxy) is 5. The Morgan fingerprint density at radius 3 is 1.72 bits per heavy atom. The molecular formula is C23H34O9. The molecule has 0 aromatic carbocycles. The van der Waals surface area contributed by atoms with E-state index in [-0.39, 0.29) is 50.7 Å². The maximum atomic E-state index is 11.9. The summed E-state index contributed by atoms with van der Waals surface area (Å²) < 4.78 is 26.0. The van der Waals surface area contributed by atoms with Crippen LogP contribution in [-0.4, -0.2) is 56.1 Å². The molecule has 1 unspecified atom stereocenters. The largest absolute Gasteiger partial charge is 0.462 e. The number of unbranched alkanes of at least 4 members (excludes halogenated alkanes) is 2. The van der Waals surface area contributed by atoms with E-state index in [9.17, 15) is 19.2 Å². The van der Waals surface area contributed by atoms with E-state index in [0.29, 0.717) is 49.7 Å². The van der Waals surface area contributed by atoms with Gasteiger partial charge in [0.05, 0.1) is 19.8 Å². The monoisotopic (exact) mass is 454 g/mol. The van der Waals surface area contributed by atoms with Crippen LogP contribution in [0, 0.1) is 0 Å². The number of carbonyl (C=O) groups excluding carboxylic acids is 4. The van der Waals surface area contributed by atoms with E-state index in [1.165, 1.54) is 0 Å². The van der Waals surface area contributed by atoms with E-state index in [0.717, 1.165) is 0 Å². The Morgan fingerprint density at radius 1 is 0.781 bits per heavy atom. The second-order valence-electron chi connectivity index (χ2n) is 7.69. The first-order valence-corrected chi connectivity index (χ1v) is 10.8. The highest BCUT2D eigenvalue weighted by molar-refractivity contribution is 5.87. The number of hydrogen-bond acceptors (Lipinski definition) is 9. The second-order valence-corrected chi connectivity index (χ2v) is 7.69. The molecule has 1 heterocycles. The summed E-state index contributed by atoms with van der Waals surface area (Å²) in [6.07, 6.45) is 2.56. The van der Waals surface area contributed by atoms with E-state index >= 15 is 0 Å². The molecule has 1 fully saturated rings. The van der Waals surface area contributed by atoms with Crippen LogP contribution in [0.5, 0.6) is 0 Å². The molecule has 0 aliphatic carbocycles. The Hall–Kier alpha value is -2.68. The van der Waals surface area contributed by atoms with Crippen molar-refractivity contribution in [2.45, 2.75) is 77.6 Å². The zero-order valence-electron chi connectivity index (χ0n) is 19.0. The molecule has 0 saturated carbocycles. The van der Waals surface area contributed by atoms with Gasteiger partial charge in [0.1, 0.15) is 6.10 Å². The third-order valence-electron chi connectivity index (χ3n) is 4.47. The fourth-order valence-electron chi connectivity index (χ4n) is 2.66. The van der Waals surface area contributed by atoms with Crippen LogP contribution in [0.15, 0.2) is 24.3 Å². The molecule has 2 atom stereocenters. The SMILES string of the molecule is C=C(C)C(=O)OCCCCC(=O)OC1CC[C@H](OC(=O)CCCCOC(=O)C(=C)C)CO1. The van der Waals surface area contributed by atoms with Gasteiger partial charge in [-0.1, -0.05) is 13.2 Å². The maximum absolute atomic E-state index is 11.9. The highest BCUT2D eigenvalue weighted by Crippen LogP contribution is 2.19. The molecule has 9 heteroatoms. The van der Waals surface area contributed by atoms with Gasteiger partial charge in [0.15, 0.2) is 0 Å². The van der Waals surface area contributed by atoms with Crippen molar-refractivity contribution in [2.75, 3.05) is 19.8 Å². The van der Waals surface area contributed by atoms with E-state index < -0.39 is 18.2 Å². The van der Waals surface area contributed by atoms with E-state index in [2.05, 4.69) is 13.2 Å². The zero-order valence-corrected chi connectivity index (χ0v) is 19.0. The molecular weight excluding hydrogens is 420 g/mol. The van der Waals surface area contributed by atoms with Gasteiger partial charge < -0.3 is 23.7 Å². The lowest BCUT2D eigenvalue weighted by atomic mass is 10.1. The summed E-state index contributed by atoms with van der Waals surface area (Å²) in [6.45, 7) is 10.8. The van der Waals surface area contributed by atoms with E-state index in [1.54, 1.807) is 13.8 Å². The van der Waals surface area contributed by atoms with Gasteiger partial charge in [-0.3, -0.25) is 9.59 Å². The molecule has 0 aromatic heterocycles. The lowest BCUT2D eigenvalue weighted by Crippen LogP contribution is -2.35. The lowest BCUT2D eigenvalue weighted by molar-refractivity contribution is -0.204. The molecule has 1 aliphatic rings. The van der Waals surface area contributed by atoms with Crippen LogP contribution in [0.3, 0.4) is 0 Å². The van der Waals surface area contributed by atoms with Gasteiger partial charge in [0.25, 0.3) is 0 Å². The summed E-state index contributed by atoms with van der Waals surface area (Å²) in [5, 5.41) is 0. The van der Waals surface area contributed by atoms with Crippen LogP contribution in [0.25, 0.3) is 0 Å². The van der Waals surface area contributed by atoms with Gasteiger partial charge >= 0.3 is 23.9 Å². The Balaban J connectivity index is 2.07. The Bertz CT molecular complexity index is 617. The second kappa shape index (κ2) is 15.2. The van der Waals surface area contributed by atoms with Crippen LogP contribution in [-0.2, 0) is 42.9 Å². The fraction of sp³-hybridized carbons (Fsp3) is 0.652. The highest BCUT2D eigenvalue weighted by Gasteiger charge is 2.26. The molecule has 0 aromatic rings. The maximum Gasteiger partial charge on any atom is 0.333 e. The molecule has 0 spiro atoms. The molecule has 0 bridgehead atoms. The zero-order chi connectivity index (χ0) is 23.9. The number of hydrogen-bond donors (Lipinski definition) is 0. The fourth-order valence-corrected chi connectivity index (χ4v) is 2.66. The number of esters is 4. The molecule has 0 radical (unpaired) electrons. The Labute approximate surface area is 189 Å². The molecule has 0 amide bonds. The summed E-state index contributed by atoms with van der Waals surface area (Å²) in [5.41, 5.74) is 0.678. The van der Waals surface area contributed by atoms with E-state index in [1.807, 2.05) is 0 Å². The van der Waals surface area contributed by atoms with Crippen LogP contribution in [0.2, 0.25) is 0 Å². The van der Waals surface area contributed by atoms with Crippen molar-refractivity contribution in [3.05, 3.63) is 24.3 Å². The van der Waals surface area contributed by atoms with Gasteiger partial charge in [0.2, 0.25) is 6.29 Å². The van der Waals surface area contributed by atoms with E-state index in [4.69, 9.17) is 23.7 Å². The summed E-state index contributed by atoms with van der Waals surface area (Å²) in [4.78, 5) is 46.3. The summed E-state index contributed by atoms with van der Waals surface area (Å²) in [5.74, 6) is -1.61. The van der Waals surface area contributed by atoms with Crippen LogP contribution >= 0.6 is 0 Å². The molecule has 1 aliphatic heterocycles. The van der Waals surface area contributed by atoms with Crippen molar-refractivity contribution in [1.29, 1.82) is 0 Å². The molecule has 180 valence electrons. The third-order valence-corrected chi connectivity index (χ3v) is 4.47. The summed E-state index contributed by atoms with van der Waals surface area (Å²) >= 11 is 0. The average molecular weight is 455 g/mol. The van der Waals surface area contributed by atoms with Crippen molar-refractivity contribution < 1.29 is 42.9 Å². The van der Waals surface area contributed by atoms with Crippen molar-refractivity contribution in [3.8, 4) is 0 Å². The Kier molecular flexibility index (Phi) is 13.0. The van der Waals surface area contributed by atoms with Crippen LogP contribution < -0.4 is 0 Å². The standard InChI is InChI=1S/C23H34O9/c1-16(2)22(26)28-13-7-5-9-19(24)31-18-11-12-21(30-15-18)32-20(25)10-6-8-14-29-23(27)17(3)4/h18,21H,1,3,5-15H2,2,4H3/t18-,21?/m0/s1. The highest BCUT2D eigenvalue weighted by atomic mass is 16.7. The van der Waals surface area contributed by atoms with Crippen molar-refractivity contribution in [1.82, 2.24) is 0 Å². The minimum Gasteiger partial charge on any atom is -0.462 e. The normalized spacial score (nSPS) is 17.7. The first kappa shape index (κ1) is 27.4. The number of rotatable bonds is 14. The van der Waals surface area contributed by atoms with Gasteiger partial charge in [-0.15, -0.1) is 0 Å². The first-order valence-electron chi connectivity index (χ1n) is 10.8. The minimum absolute atomic E-state index is 0.163. The quantitative estimate of drug-likeness (QED) is 0.169. The molecule has 0 N–H and O–H groups in total. The third kappa shape index (κ3) is 12.2. The van der Waals surface area contributed by atoms with Gasteiger partial charge in [-0.05, 0) is 46.0 Å². The predicted octanol–water partition coefficient (Wildman–Crippen LogP) is 3.16. The van der Waals surface area contributed by atoms with Gasteiger partial charge in [-0.25, -0.2) is 9.59 Å². The summed E-state index contributed by atoms with van der Waals surface area (Å²) in [6, 6.07) is 0. The van der Waals surface area contributed by atoms with Crippen LogP contribution in [0.1, 0.15) is 65.2 Å². The van der Waals surface area contributed by atoms with Crippen molar-refractivity contribution >= 4 is 23.9 Å². The van der Waals surface area contributed by atoms with Crippen LogP contribution in [0.4, 0.5) is 0 Å². The molecule has 1 rings (SSSR count). The van der Waals surface area contributed by atoms with Gasteiger partial charge in [-0.2, -0.15) is 0 Å². The molecule has 1 saturated heterocycles. The smallest absolute Gasteiger partial charge is 0.333 e. The molecule has 9 nitrogen and oxygen atoms in total. The van der Waals surface area contributed by atoms with Crippen molar-refractivity contribution in [3.63, 3.8) is 0 Å².